The first-order valence-corrected chi connectivity index (χ1v) is 9.27. The highest BCUT2D eigenvalue weighted by atomic mass is 19.1. The molecule has 2 heterocycles. The molecule has 0 spiro atoms. The number of aromatic amines is 1. The minimum atomic E-state index is -0.771. The number of nitrogens with zero attached hydrogens (tertiary/aromatic N) is 2. The standard InChI is InChI=1S/C22H19FN6O/c23-12-19(13-4-2-1-3-5-13)29-22(30)21-27-17-10-15(16(24)11-18(17)28-21)20(25)14-6-8-26-9-7-14/h1-11,19,25H,12,24H2,(H,27,28)(H,29,30). The van der Waals surface area contributed by atoms with Gasteiger partial charge in [-0.15, -0.1) is 0 Å². The maximum absolute atomic E-state index is 13.5. The highest BCUT2D eigenvalue weighted by Crippen LogP contribution is 2.23. The van der Waals surface area contributed by atoms with Crippen molar-refractivity contribution in [2.75, 3.05) is 12.4 Å². The second kappa shape index (κ2) is 8.12. The summed E-state index contributed by atoms with van der Waals surface area (Å²) in [6.07, 6.45) is 3.20. The second-order valence-electron chi connectivity index (χ2n) is 6.74. The number of anilines is 1. The molecule has 7 nitrogen and oxygen atoms in total. The molecule has 0 radical (unpaired) electrons. The molecule has 0 saturated heterocycles. The zero-order chi connectivity index (χ0) is 21.1. The smallest absolute Gasteiger partial charge is 0.287 e. The molecule has 4 rings (SSSR count). The number of nitrogens with one attached hydrogen (secondary N) is 3. The molecule has 0 aliphatic heterocycles. The third-order valence-electron chi connectivity index (χ3n) is 4.77. The number of alkyl halides is 1. The lowest BCUT2D eigenvalue weighted by atomic mass is 10.0. The fourth-order valence-electron chi connectivity index (χ4n) is 3.19. The second-order valence-corrected chi connectivity index (χ2v) is 6.74. The molecule has 0 aliphatic rings. The van der Waals surface area contributed by atoms with Crippen molar-refractivity contribution in [1.29, 1.82) is 5.41 Å². The molecular weight excluding hydrogens is 383 g/mol. The van der Waals surface area contributed by atoms with Gasteiger partial charge in [0.1, 0.15) is 6.67 Å². The number of pyridine rings is 1. The zero-order valence-electron chi connectivity index (χ0n) is 15.9. The van der Waals surface area contributed by atoms with Gasteiger partial charge < -0.3 is 16.0 Å². The number of hydrogen-bond donors (Lipinski definition) is 4. The Bertz CT molecular complexity index is 1210. The molecule has 5 N–H and O–H groups in total. The van der Waals surface area contributed by atoms with Crippen LogP contribution in [0, 0.1) is 5.41 Å². The largest absolute Gasteiger partial charge is 0.398 e. The van der Waals surface area contributed by atoms with E-state index in [2.05, 4.69) is 20.3 Å². The molecule has 1 amide bonds. The number of imidazole rings is 1. The summed E-state index contributed by atoms with van der Waals surface area (Å²) in [5.74, 6) is -0.478. The number of nitrogens with two attached hydrogens (primary N) is 1. The molecule has 4 aromatic rings. The minimum absolute atomic E-state index is 0.0476. The summed E-state index contributed by atoms with van der Waals surface area (Å²) in [5.41, 5.74) is 9.62. The van der Waals surface area contributed by atoms with Gasteiger partial charge in [-0.2, -0.15) is 0 Å². The number of rotatable bonds is 6. The number of amides is 1. The number of carbonyl (C=O) groups is 1. The average molecular weight is 402 g/mol. The van der Waals surface area contributed by atoms with Crippen LogP contribution >= 0.6 is 0 Å². The predicted molar refractivity (Wildman–Crippen MR) is 113 cm³/mol. The van der Waals surface area contributed by atoms with Gasteiger partial charge in [-0.1, -0.05) is 30.3 Å². The van der Waals surface area contributed by atoms with Crippen LogP contribution in [0.4, 0.5) is 10.1 Å². The highest BCUT2D eigenvalue weighted by Gasteiger charge is 2.19. The van der Waals surface area contributed by atoms with E-state index in [-0.39, 0.29) is 11.5 Å². The molecule has 2 aromatic heterocycles. The SMILES string of the molecule is N=C(c1ccncc1)c1cc2[nH]c(C(=O)NC(CF)c3ccccc3)nc2cc1N. The van der Waals surface area contributed by atoms with Crippen LogP contribution in [0.5, 0.6) is 0 Å². The van der Waals surface area contributed by atoms with E-state index in [0.717, 1.165) is 0 Å². The lowest BCUT2D eigenvalue weighted by molar-refractivity contribution is 0.0920. The van der Waals surface area contributed by atoms with Crippen molar-refractivity contribution in [3.63, 3.8) is 0 Å². The summed E-state index contributed by atoms with van der Waals surface area (Å²) >= 11 is 0. The van der Waals surface area contributed by atoms with Crippen LogP contribution in [0.3, 0.4) is 0 Å². The monoisotopic (exact) mass is 402 g/mol. The van der Waals surface area contributed by atoms with Crippen LogP contribution in [0.15, 0.2) is 67.0 Å². The van der Waals surface area contributed by atoms with Crippen LogP contribution in [-0.4, -0.2) is 33.2 Å². The molecular formula is C22H19FN6O. The number of hydrogen-bond acceptors (Lipinski definition) is 5. The number of H-pyrrole nitrogens is 1. The molecule has 30 heavy (non-hydrogen) atoms. The Morgan fingerprint density at radius 1 is 1.17 bits per heavy atom. The van der Waals surface area contributed by atoms with Crippen LogP contribution in [0.1, 0.15) is 33.4 Å². The van der Waals surface area contributed by atoms with Gasteiger partial charge in [0.2, 0.25) is 0 Å². The lowest BCUT2D eigenvalue weighted by Gasteiger charge is -2.14. The Balaban J connectivity index is 1.62. The molecule has 0 fully saturated rings. The first-order chi connectivity index (χ1) is 14.6. The van der Waals surface area contributed by atoms with Crippen LogP contribution in [0.2, 0.25) is 0 Å². The molecule has 0 bridgehead atoms. The fourth-order valence-corrected chi connectivity index (χ4v) is 3.19. The van der Waals surface area contributed by atoms with Crippen molar-refractivity contribution in [2.45, 2.75) is 6.04 Å². The van der Waals surface area contributed by atoms with Gasteiger partial charge in [0.05, 0.1) is 22.8 Å². The summed E-state index contributed by atoms with van der Waals surface area (Å²) < 4.78 is 13.5. The number of aromatic nitrogens is 3. The van der Waals surface area contributed by atoms with Crippen molar-refractivity contribution in [3.05, 3.63) is 89.5 Å². The predicted octanol–water partition coefficient (Wildman–Crippen LogP) is 3.40. The third kappa shape index (κ3) is 3.75. The first-order valence-electron chi connectivity index (χ1n) is 9.27. The Kier molecular flexibility index (Phi) is 5.21. The summed E-state index contributed by atoms with van der Waals surface area (Å²) in [6, 6.07) is 14.9. The van der Waals surface area contributed by atoms with Gasteiger partial charge in [0.15, 0.2) is 5.82 Å². The summed E-state index contributed by atoms with van der Waals surface area (Å²) in [7, 11) is 0. The van der Waals surface area contributed by atoms with Crippen LogP contribution in [-0.2, 0) is 0 Å². The van der Waals surface area contributed by atoms with Crippen LogP contribution in [0.25, 0.3) is 11.0 Å². The van der Waals surface area contributed by atoms with E-state index < -0.39 is 18.6 Å². The van der Waals surface area contributed by atoms with Gasteiger partial charge in [-0.25, -0.2) is 9.37 Å². The number of nitrogen functional groups attached to an aromatic ring is 1. The Hall–Kier alpha value is -4.07. The molecule has 1 unspecified atom stereocenters. The van der Waals surface area contributed by atoms with E-state index in [9.17, 15) is 9.18 Å². The van der Waals surface area contributed by atoms with Gasteiger partial charge in [-0.05, 0) is 29.8 Å². The van der Waals surface area contributed by atoms with E-state index in [4.69, 9.17) is 11.1 Å². The van der Waals surface area contributed by atoms with Crippen molar-refractivity contribution < 1.29 is 9.18 Å². The van der Waals surface area contributed by atoms with E-state index >= 15 is 0 Å². The number of fused-ring (bicyclic) bond motifs is 1. The van der Waals surface area contributed by atoms with Gasteiger partial charge in [0, 0.05) is 29.2 Å². The summed E-state index contributed by atoms with van der Waals surface area (Å²) in [5, 5.41) is 11.1. The topological polar surface area (TPSA) is 121 Å². The number of benzene rings is 2. The summed E-state index contributed by atoms with van der Waals surface area (Å²) in [6.45, 7) is -0.740. The van der Waals surface area contributed by atoms with Gasteiger partial charge in [0.25, 0.3) is 5.91 Å². The van der Waals surface area contributed by atoms with Crippen molar-refractivity contribution >= 4 is 28.3 Å². The Labute approximate surface area is 171 Å². The lowest BCUT2D eigenvalue weighted by Crippen LogP contribution is -2.30. The van der Waals surface area contributed by atoms with E-state index in [1.807, 2.05) is 6.07 Å². The molecule has 2 aromatic carbocycles. The highest BCUT2D eigenvalue weighted by molar-refractivity contribution is 6.15. The number of halogens is 1. The molecule has 0 saturated carbocycles. The number of carbonyl (C=O) groups excluding carboxylic acids is 1. The van der Waals surface area contributed by atoms with Crippen molar-refractivity contribution in [2.24, 2.45) is 0 Å². The van der Waals surface area contributed by atoms with E-state index in [1.165, 1.54) is 0 Å². The van der Waals surface area contributed by atoms with E-state index in [0.29, 0.717) is 33.4 Å². The van der Waals surface area contributed by atoms with Crippen LogP contribution < -0.4 is 11.1 Å². The minimum Gasteiger partial charge on any atom is -0.398 e. The quantitative estimate of drug-likeness (QED) is 0.292. The van der Waals surface area contributed by atoms with E-state index in [1.54, 1.807) is 60.9 Å². The normalized spacial score (nSPS) is 11.9. The molecule has 1 atom stereocenters. The molecule has 150 valence electrons. The third-order valence-corrected chi connectivity index (χ3v) is 4.77. The Morgan fingerprint density at radius 3 is 2.60 bits per heavy atom. The van der Waals surface area contributed by atoms with Crippen molar-refractivity contribution in [1.82, 2.24) is 20.3 Å². The first kappa shape index (κ1) is 19.3. The van der Waals surface area contributed by atoms with Crippen molar-refractivity contribution in [3.8, 4) is 0 Å². The average Bonchev–Trinajstić information content (AvgIpc) is 3.20. The van der Waals surface area contributed by atoms with Gasteiger partial charge >= 0.3 is 0 Å². The fraction of sp³-hybridized carbons (Fsp3) is 0.0909. The van der Waals surface area contributed by atoms with Gasteiger partial charge in [-0.3, -0.25) is 15.2 Å². The summed E-state index contributed by atoms with van der Waals surface area (Å²) in [4.78, 5) is 23.8. The molecule has 8 heteroatoms. The maximum Gasteiger partial charge on any atom is 0.287 e. The maximum atomic E-state index is 13.5. The zero-order valence-corrected chi connectivity index (χ0v) is 15.9. The molecule has 0 aliphatic carbocycles. The Morgan fingerprint density at radius 2 is 1.90 bits per heavy atom.